The Labute approximate surface area is 345 Å². The van der Waals surface area contributed by atoms with Crippen LogP contribution in [0.15, 0.2) is 140 Å². The van der Waals surface area contributed by atoms with Crippen molar-refractivity contribution in [3.05, 3.63) is 156 Å². The van der Waals surface area contributed by atoms with Crippen LogP contribution in [0.5, 0.6) is 5.75 Å². The van der Waals surface area contributed by atoms with Crippen molar-refractivity contribution in [2.45, 2.75) is 72.1 Å². The summed E-state index contributed by atoms with van der Waals surface area (Å²) >= 11 is 1.81. The second-order valence-electron chi connectivity index (χ2n) is 17.9. The second kappa shape index (κ2) is 14.1. The lowest BCUT2D eigenvalue weighted by atomic mass is 9.79. The smallest absolute Gasteiger partial charge is 0.149 e. The first-order valence-corrected chi connectivity index (χ1v) is 21.1. The summed E-state index contributed by atoms with van der Waals surface area (Å²) < 4.78 is 4.76. The van der Waals surface area contributed by atoms with Gasteiger partial charge in [-0.3, -0.25) is 9.55 Å². The van der Waals surface area contributed by atoms with Crippen molar-refractivity contribution in [2.24, 2.45) is 0 Å². The van der Waals surface area contributed by atoms with Gasteiger partial charge in [-0.25, -0.2) is 4.98 Å². The monoisotopic (exact) mass is 775 g/mol. The lowest BCUT2D eigenvalue weighted by Crippen LogP contribution is -2.17. The summed E-state index contributed by atoms with van der Waals surface area (Å²) in [7, 11) is 0. The van der Waals surface area contributed by atoms with E-state index >= 15 is 0 Å². The minimum Gasteiger partial charge on any atom is -0.507 e. The molecule has 0 unspecified atom stereocenters. The fourth-order valence-electron chi connectivity index (χ4n) is 8.33. The molecule has 3 heterocycles. The van der Waals surface area contributed by atoms with Crippen LogP contribution >= 0.6 is 11.3 Å². The van der Waals surface area contributed by atoms with E-state index in [0.717, 1.165) is 61.6 Å². The van der Waals surface area contributed by atoms with Crippen LogP contribution in [0.25, 0.3) is 81.8 Å². The highest BCUT2D eigenvalue weighted by atomic mass is 32.1. The van der Waals surface area contributed by atoms with Crippen LogP contribution in [-0.4, -0.2) is 19.6 Å². The maximum Gasteiger partial charge on any atom is 0.149 e. The van der Waals surface area contributed by atoms with E-state index in [2.05, 4.69) is 187 Å². The van der Waals surface area contributed by atoms with E-state index < -0.39 is 0 Å². The van der Waals surface area contributed by atoms with Crippen molar-refractivity contribution in [2.75, 3.05) is 0 Å². The third kappa shape index (κ3) is 6.48. The highest BCUT2D eigenvalue weighted by molar-refractivity contribution is 7.26. The predicted molar refractivity (Wildman–Crippen MR) is 247 cm³/mol. The van der Waals surface area contributed by atoms with Crippen LogP contribution < -0.4 is 0 Å². The Morgan fingerprint density at radius 3 is 2.10 bits per heavy atom. The number of imidazole rings is 1. The minimum atomic E-state index is -0.302. The third-order valence-corrected chi connectivity index (χ3v) is 12.6. The molecule has 288 valence electrons. The summed E-state index contributed by atoms with van der Waals surface area (Å²) in [6, 6.07) is 47.6. The number of aromatic nitrogens is 3. The van der Waals surface area contributed by atoms with Crippen LogP contribution in [-0.2, 0) is 10.8 Å². The van der Waals surface area contributed by atoms with Crippen molar-refractivity contribution in [1.82, 2.24) is 14.5 Å². The zero-order valence-corrected chi connectivity index (χ0v) is 35.4. The van der Waals surface area contributed by atoms with Gasteiger partial charge in [0.25, 0.3) is 0 Å². The molecule has 3 aromatic heterocycles. The molecular weight excluding hydrogens is 727 g/mol. The molecule has 0 atom stereocenters. The van der Waals surface area contributed by atoms with Crippen molar-refractivity contribution >= 4 is 42.5 Å². The number of benzene rings is 6. The number of hydrogen-bond donors (Lipinski definition) is 1. The molecular formula is C53H49N3OS. The topological polar surface area (TPSA) is 50.9 Å². The first-order chi connectivity index (χ1) is 27.8. The average molecular weight is 776 g/mol. The van der Waals surface area contributed by atoms with E-state index in [4.69, 9.17) is 9.97 Å². The summed E-state index contributed by atoms with van der Waals surface area (Å²) in [5.74, 6) is 1.21. The van der Waals surface area contributed by atoms with Gasteiger partial charge in [0.15, 0.2) is 0 Å². The molecule has 0 amide bonds. The molecule has 9 rings (SSSR count). The zero-order chi connectivity index (χ0) is 40.5. The van der Waals surface area contributed by atoms with Gasteiger partial charge in [-0.2, -0.15) is 0 Å². The number of phenols is 1. The number of thiophene rings is 1. The fourth-order valence-corrected chi connectivity index (χ4v) is 9.50. The standard InChI is InChI=1S/C53H49N3OS/c1-32(2)39-27-34(33-17-10-9-11-18-33)24-25-44(39)56-45-22-16-20-37(49(45)55-51(56)41-30-36(52(3,4)5)31-42(50(41)57)53(6,7)8)35-28-40(43-21-14-15-26-54-43)48-38-19-12-13-23-46(38)58-47(48)29-35/h9-32,57H,1-8H3. The van der Waals surface area contributed by atoms with Crippen molar-refractivity contribution < 1.29 is 5.11 Å². The molecule has 5 heteroatoms. The van der Waals surface area contributed by atoms with Gasteiger partial charge in [-0.15, -0.1) is 11.3 Å². The molecule has 0 saturated carbocycles. The van der Waals surface area contributed by atoms with Crippen LogP contribution in [0, 0.1) is 0 Å². The fraction of sp³-hybridized carbons (Fsp3) is 0.208. The maximum absolute atomic E-state index is 12.4. The van der Waals surface area contributed by atoms with Gasteiger partial charge in [0.1, 0.15) is 11.6 Å². The average Bonchev–Trinajstić information content (AvgIpc) is 3.79. The van der Waals surface area contributed by atoms with E-state index in [1.807, 2.05) is 23.6 Å². The predicted octanol–water partition coefficient (Wildman–Crippen LogP) is 14.9. The summed E-state index contributed by atoms with van der Waals surface area (Å²) in [4.78, 5) is 10.5. The van der Waals surface area contributed by atoms with E-state index in [1.54, 1.807) is 0 Å². The number of pyridine rings is 1. The Kier molecular flexibility index (Phi) is 9.13. The van der Waals surface area contributed by atoms with Crippen molar-refractivity contribution in [3.8, 4) is 56.3 Å². The number of hydrogen-bond acceptors (Lipinski definition) is 4. The molecule has 0 spiro atoms. The zero-order valence-electron chi connectivity index (χ0n) is 34.6. The first-order valence-electron chi connectivity index (χ1n) is 20.2. The highest BCUT2D eigenvalue weighted by Gasteiger charge is 2.29. The number of aromatic hydroxyl groups is 1. The molecule has 0 fully saturated rings. The third-order valence-electron chi connectivity index (χ3n) is 11.4. The van der Waals surface area contributed by atoms with Crippen LogP contribution in [0.3, 0.4) is 0 Å². The molecule has 0 saturated heterocycles. The van der Waals surface area contributed by atoms with Crippen LogP contribution in [0.1, 0.15) is 78.0 Å². The van der Waals surface area contributed by atoms with Crippen LogP contribution in [0.4, 0.5) is 0 Å². The minimum absolute atomic E-state index is 0.160. The summed E-state index contributed by atoms with van der Waals surface area (Å²) in [5.41, 5.74) is 13.0. The number of rotatable bonds is 6. The molecule has 58 heavy (non-hydrogen) atoms. The molecule has 9 aromatic rings. The largest absolute Gasteiger partial charge is 0.507 e. The normalized spacial score (nSPS) is 12.4. The molecule has 0 radical (unpaired) electrons. The van der Waals surface area contributed by atoms with Crippen molar-refractivity contribution in [1.29, 1.82) is 0 Å². The lowest BCUT2D eigenvalue weighted by molar-refractivity contribution is 0.446. The lowest BCUT2D eigenvalue weighted by Gasteiger charge is -2.28. The number of nitrogens with zero attached hydrogens (tertiary/aromatic N) is 3. The second-order valence-corrected chi connectivity index (χ2v) is 19.0. The van der Waals surface area contributed by atoms with Gasteiger partial charge in [0, 0.05) is 43.1 Å². The van der Waals surface area contributed by atoms with Gasteiger partial charge in [0.2, 0.25) is 0 Å². The molecule has 0 bridgehead atoms. The van der Waals surface area contributed by atoms with E-state index in [9.17, 15) is 5.11 Å². The maximum atomic E-state index is 12.4. The van der Waals surface area contributed by atoms with E-state index in [0.29, 0.717) is 0 Å². The summed E-state index contributed by atoms with van der Waals surface area (Å²) in [5, 5.41) is 14.9. The number of para-hydroxylation sites is 1. The Hall–Kier alpha value is -6.04. The van der Waals surface area contributed by atoms with Gasteiger partial charge >= 0.3 is 0 Å². The van der Waals surface area contributed by atoms with Gasteiger partial charge in [-0.1, -0.05) is 134 Å². The van der Waals surface area contributed by atoms with Crippen molar-refractivity contribution in [3.63, 3.8) is 0 Å². The molecule has 0 aliphatic carbocycles. The summed E-state index contributed by atoms with van der Waals surface area (Å²) in [6.07, 6.45) is 1.87. The Balaban J connectivity index is 1.38. The van der Waals surface area contributed by atoms with E-state index in [-0.39, 0.29) is 22.5 Å². The quantitative estimate of drug-likeness (QED) is 0.183. The Bertz CT molecular complexity index is 3000. The Morgan fingerprint density at radius 2 is 1.38 bits per heavy atom. The van der Waals surface area contributed by atoms with Gasteiger partial charge in [-0.05, 0) is 99.2 Å². The Morgan fingerprint density at radius 1 is 0.621 bits per heavy atom. The van der Waals surface area contributed by atoms with E-state index in [1.165, 1.54) is 36.9 Å². The van der Waals surface area contributed by atoms with Gasteiger partial charge in [0.05, 0.1) is 28.0 Å². The van der Waals surface area contributed by atoms with Gasteiger partial charge < -0.3 is 5.11 Å². The highest BCUT2D eigenvalue weighted by Crippen LogP contribution is 2.47. The molecule has 1 N–H and O–H groups in total. The number of phenolic OH excluding ortho intramolecular Hbond substituents is 1. The van der Waals surface area contributed by atoms with Crippen LogP contribution in [0.2, 0.25) is 0 Å². The molecule has 0 aliphatic heterocycles. The molecule has 0 aliphatic rings. The SMILES string of the molecule is CC(C)c1cc(-c2ccccc2)ccc1-n1c(-c2cc(C(C)(C)C)cc(C(C)(C)C)c2O)nc2c(-c3cc(-c4ccccn4)c4c(c3)sc3ccccc34)cccc21. The number of fused-ring (bicyclic) bond motifs is 4. The summed E-state index contributed by atoms with van der Waals surface area (Å²) in [6.45, 7) is 17.7. The molecule has 6 aromatic carbocycles. The first kappa shape index (κ1) is 37.5. The molecule has 4 nitrogen and oxygen atoms in total.